The summed E-state index contributed by atoms with van der Waals surface area (Å²) in [6.45, 7) is 5.02. The molecular weight excluding hydrogens is 471 g/mol. The molecule has 0 unspecified atom stereocenters. The van der Waals surface area contributed by atoms with Crippen molar-refractivity contribution in [3.63, 3.8) is 0 Å². The summed E-state index contributed by atoms with van der Waals surface area (Å²) in [4.78, 5) is 11.0. The van der Waals surface area contributed by atoms with Crippen LogP contribution in [0, 0.1) is 0 Å². The second kappa shape index (κ2) is 11.4. The van der Waals surface area contributed by atoms with Gasteiger partial charge in [-0.3, -0.25) is 4.31 Å². The van der Waals surface area contributed by atoms with E-state index in [2.05, 4.69) is 0 Å². The van der Waals surface area contributed by atoms with E-state index in [1.54, 1.807) is 13.8 Å². The average molecular weight is 500 g/mol. The SMILES string of the molecule is CCCC/C=C/S(=O)(=O)N(c1ccc(C(F)(F)F)cc1OCc1ccc(C(=O)O)cc1)C(C)C. The largest absolute Gasteiger partial charge is 0.487 e. The molecule has 0 heterocycles. The van der Waals surface area contributed by atoms with E-state index in [9.17, 15) is 26.4 Å². The van der Waals surface area contributed by atoms with Crippen molar-refractivity contribution in [2.24, 2.45) is 0 Å². The van der Waals surface area contributed by atoms with Gasteiger partial charge < -0.3 is 9.84 Å². The fourth-order valence-electron chi connectivity index (χ4n) is 3.18. The van der Waals surface area contributed by atoms with Crippen LogP contribution >= 0.6 is 0 Å². The second-order valence-electron chi connectivity index (χ2n) is 7.92. The molecule has 0 amide bonds. The summed E-state index contributed by atoms with van der Waals surface area (Å²) in [7, 11) is -4.00. The van der Waals surface area contributed by atoms with Gasteiger partial charge in [0.1, 0.15) is 12.4 Å². The van der Waals surface area contributed by atoms with E-state index in [1.807, 2.05) is 6.92 Å². The van der Waals surface area contributed by atoms with Crippen molar-refractivity contribution >= 4 is 21.7 Å². The molecule has 34 heavy (non-hydrogen) atoms. The minimum atomic E-state index is -4.65. The lowest BCUT2D eigenvalue weighted by Gasteiger charge is -2.29. The maximum Gasteiger partial charge on any atom is 0.416 e. The summed E-state index contributed by atoms with van der Waals surface area (Å²) in [5.74, 6) is -1.37. The predicted molar refractivity (Wildman–Crippen MR) is 124 cm³/mol. The first-order valence-electron chi connectivity index (χ1n) is 10.7. The maximum absolute atomic E-state index is 13.4. The highest BCUT2D eigenvalue weighted by atomic mass is 32.2. The van der Waals surface area contributed by atoms with Gasteiger partial charge in [0.25, 0.3) is 10.0 Å². The highest BCUT2D eigenvalue weighted by Crippen LogP contribution is 2.39. The van der Waals surface area contributed by atoms with Crippen molar-refractivity contribution in [3.05, 3.63) is 70.6 Å². The highest BCUT2D eigenvalue weighted by Gasteiger charge is 2.33. The van der Waals surface area contributed by atoms with Crippen LogP contribution in [0.3, 0.4) is 0 Å². The zero-order valence-corrected chi connectivity index (χ0v) is 20.0. The lowest BCUT2D eigenvalue weighted by atomic mass is 10.1. The fourth-order valence-corrected chi connectivity index (χ4v) is 4.70. The molecule has 0 fully saturated rings. The monoisotopic (exact) mass is 499 g/mol. The Morgan fingerprint density at radius 1 is 1.15 bits per heavy atom. The number of aromatic carboxylic acids is 1. The van der Waals surface area contributed by atoms with E-state index in [4.69, 9.17) is 9.84 Å². The minimum absolute atomic E-state index is 0.0229. The predicted octanol–water partition coefficient (Wildman–Crippen LogP) is 6.23. The van der Waals surface area contributed by atoms with Crippen LogP contribution in [-0.2, 0) is 22.8 Å². The van der Waals surface area contributed by atoms with E-state index in [0.717, 1.165) is 40.8 Å². The van der Waals surface area contributed by atoms with Crippen molar-refractivity contribution in [2.75, 3.05) is 4.31 Å². The number of carbonyl (C=O) groups is 1. The van der Waals surface area contributed by atoms with E-state index in [-0.39, 0.29) is 23.6 Å². The van der Waals surface area contributed by atoms with Gasteiger partial charge in [0.05, 0.1) is 16.8 Å². The molecule has 10 heteroatoms. The molecule has 186 valence electrons. The minimum Gasteiger partial charge on any atom is -0.487 e. The number of allylic oxidation sites excluding steroid dienone is 1. The molecule has 2 aromatic carbocycles. The van der Waals surface area contributed by atoms with Crippen LogP contribution < -0.4 is 9.04 Å². The first-order chi connectivity index (χ1) is 15.9. The molecule has 0 radical (unpaired) electrons. The normalized spacial score (nSPS) is 12.3. The molecule has 0 aliphatic rings. The number of hydrogen-bond acceptors (Lipinski definition) is 4. The van der Waals surface area contributed by atoms with Gasteiger partial charge in [-0.1, -0.05) is 38.0 Å². The second-order valence-corrected chi connectivity index (χ2v) is 9.62. The summed E-state index contributed by atoms with van der Waals surface area (Å²) >= 11 is 0. The molecule has 0 saturated heterocycles. The molecule has 6 nitrogen and oxygen atoms in total. The van der Waals surface area contributed by atoms with Gasteiger partial charge in [0.15, 0.2) is 0 Å². The molecule has 0 aromatic heterocycles. The standard InChI is InChI=1S/C24H28F3NO5S/c1-4-5-6-7-14-34(31,32)28(17(2)3)21-13-12-20(24(25,26)27)15-22(21)33-16-18-8-10-19(11-9-18)23(29)30/h7-15,17H,4-6,16H2,1-3H3,(H,29,30)/b14-7+. The Hall–Kier alpha value is -3.01. The summed E-state index contributed by atoms with van der Waals surface area (Å²) in [6.07, 6.45) is -0.861. The van der Waals surface area contributed by atoms with Crippen LogP contribution in [0.25, 0.3) is 0 Å². The maximum atomic E-state index is 13.4. The molecule has 2 aromatic rings. The van der Waals surface area contributed by atoms with Crippen molar-refractivity contribution in [1.82, 2.24) is 0 Å². The van der Waals surface area contributed by atoms with E-state index in [0.29, 0.717) is 12.0 Å². The van der Waals surface area contributed by atoms with Gasteiger partial charge in [-0.25, -0.2) is 13.2 Å². The number of anilines is 1. The van der Waals surface area contributed by atoms with Crippen molar-refractivity contribution in [1.29, 1.82) is 0 Å². The number of nitrogens with zero attached hydrogens (tertiary/aromatic N) is 1. The van der Waals surface area contributed by atoms with Crippen LogP contribution in [0.1, 0.15) is 61.5 Å². The molecule has 0 aliphatic heterocycles. The Labute approximate surface area is 197 Å². The Morgan fingerprint density at radius 3 is 2.32 bits per heavy atom. The Morgan fingerprint density at radius 2 is 1.79 bits per heavy atom. The Bertz CT molecular complexity index is 1110. The number of carboxylic acids is 1. The number of alkyl halides is 3. The van der Waals surface area contributed by atoms with Crippen molar-refractivity contribution in [3.8, 4) is 5.75 Å². The quantitative estimate of drug-likeness (QED) is 0.371. The first kappa shape index (κ1) is 27.2. The number of hydrogen-bond donors (Lipinski definition) is 1. The lowest BCUT2D eigenvalue weighted by molar-refractivity contribution is -0.137. The van der Waals surface area contributed by atoms with E-state index < -0.39 is 33.8 Å². The van der Waals surface area contributed by atoms with Crippen LogP contribution in [0.2, 0.25) is 0 Å². The molecule has 0 aliphatic carbocycles. The fraction of sp³-hybridized carbons (Fsp3) is 0.375. The van der Waals surface area contributed by atoms with Gasteiger partial charge in [-0.2, -0.15) is 13.2 Å². The van der Waals surface area contributed by atoms with Crippen LogP contribution in [0.5, 0.6) is 5.75 Å². The molecule has 0 spiro atoms. The number of benzene rings is 2. The molecule has 0 atom stereocenters. The molecule has 0 saturated carbocycles. The molecule has 1 N–H and O–H groups in total. The average Bonchev–Trinajstić information content (AvgIpc) is 2.75. The Balaban J connectivity index is 2.46. The number of carboxylic acid groups (broad SMARTS) is 1. The van der Waals surface area contributed by atoms with Gasteiger partial charge in [0.2, 0.25) is 0 Å². The third kappa shape index (κ3) is 7.24. The van der Waals surface area contributed by atoms with Crippen molar-refractivity contribution < 1.29 is 36.2 Å². The van der Waals surface area contributed by atoms with Gasteiger partial charge in [-0.05, 0) is 56.2 Å². The lowest BCUT2D eigenvalue weighted by Crippen LogP contribution is -2.36. The number of sulfonamides is 1. The smallest absolute Gasteiger partial charge is 0.416 e. The number of unbranched alkanes of at least 4 members (excludes halogenated alkanes) is 2. The van der Waals surface area contributed by atoms with E-state index in [1.165, 1.54) is 30.3 Å². The summed E-state index contributed by atoms with van der Waals surface area (Å²) in [6, 6.07) is 7.72. The molecule has 2 rings (SSSR count). The van der Waals surface area contributed by atoms with E-state index >= 15 is 0 Å². The van der Waals surface area contributed by atoms with Gasteiger partial charge >= 0.3 is 12.1 Å². The zero-order valence-electron chi connectivity index (χ0n) is 19.2. The third-order valence-corrected chi connectivity index (χ3v) is 6.56. The zero-order chi connectivity index (χ0) is 25.5. The molecular formula is C24H28F3NO5S. The van der Waals surface area contributed by atoms with Crippen molar-refractivity contribution in [2.45, 2.75) is 58.9 Å². The topological polar surface area (TPSA) is 83.9 Å². The number of rotatable bonds is 11. The molecule has 0 bridgehead atoms. The van der Waals surface area contributed by atoms with Crippen LogP contribution in [-0.4, -0.2) is 25.5 Å². The third-order valence-electron chi connectivity index (χ3n) is 4.86. The van der Waals surface area contributed by atoms with Gasteiger partial charge in [0, 0.05) is 11.4 Å². The summed E-state index contributed by atoms with van der Waals surface area (Å²) in [5, 5.41) is 10.1. The summed E-state index contributed by atoms with van der Waals surface area (Å²) < 4.78 is 72.9. The number of ether oxygens (including phenoxy) is 1. The van der Waals surface area contributed by atoms with Crippen LogP contribution in [0.15, 0.2) is 53.9 Å². The van der Waals surface area contributed by atoms with Gasteiger partial charge in [-0.15, -0.1) is 0 Å². The first-order valence-corrected chi connectivity index (χ1v) is 12.2. The number of halogens is 3. The highest BCUT2D eigenvalue weighted by molar-refractivity contribution is 7.95. The van der Waals surface area contributed by atoms with Crippen LogP contribution in [0.4, 0.5) is 18.9 Å². The summed E-state index contributed by atoms with van der Waals surface area (Å²) in [5.41, 5.74) is -0.445. The Kier molecular flexibility index (Phi) is 9.14.